The van der Waals surface area contributed by atoms with E-state index in [1.165, 1.54) is 0 Å². The molecule has 0 amide bonds. The quantitative estimate of drug-likeness (QED) is 0.879. The Balaban J connectivity index is 2.13. The summed E-state index contributed by atoms with van der Waals surface area (Å²) < 4.78 is 1.90. The van der Waals surface area contributed by atoms with E-state index in [0.29, 0.717) is 0 Å². The van der Waals surface area contributed by atoms with Crippen LogP contribution in [0.2, 0.25) is 0 Å². The monoisotopic (exact) mass is 323 g/mol. The third kappa shape index (κ3) is 2.83. The first-order valence-electron chi connectivity index (χ1n) is 8.51. The average Bonchev–Trinajstić information content (AvgIpc) is 3.17. The summed E-state index contributed by atoms with van der Waals surface area (Å²) in [5.41, 5.74) is 2.68. The minimum Gasteiger partial charge on any atom is -0.289 e. The van der Waals surface area contributed by atoms with Crippen molar-refractivity contribution in [3.05, 3.63) is 35.2 Å². The van der Waals surface area contributed by atoms with Crippen LogP contribution < -0.4 is 5.32 Å². The third-order valence-corrected chi connectivity index (χ3v) is 4.92. The fourth-order valence-corrected chi connectivity index (χ4v) is 3.79. The van der Waals surface area contributed by atoms with Crippen molar-refractivity contribution in [1.29, 1.82) is 0 Å². The van der Waals surface area contributed by atoms with Crippen LogP contribution in [0.4, 0.5) is 0 Å². The Labute approximate surface area is 143 Å². The van der Waals surface area contributed by atoms with E-state index in [9.17, 15) is 0 Å². The predicted octanol–water partition coefficient (Wildman–Crippen LogP) is 3.05. The van der Waals surface area contributed by atoms with Crippen molar-refractivity contribution in [2.45, 2.75) is 64.5 Å². The number of hydrogen-bond donors (Lipinski definition) is 1. The van der Waals surface area contributed by atoms with Gasteiger partial charge in [-0.05, 0) is 62.1 Å². The molecule has 1 aliphatic carbocycles. The SMILES string of the molecule is C#CC(C)(C)NC1(c2nnnn2-c2c(C)cccc2C)CCCC1. The van der Waals surface area contributed by atoms with Gasteiger partial charge in [-0.15, -0.1) is 11.5 Å². The van der Waals surface area contributed by atoms with Gasteiger partial charge in [0.15, 0.2) is 5.82 Å². The fourth-order valence-electron chi connectivity index (χ4n) is 3.79. The van der Waals surface area contributed by atoms with Gasteiger partial charge < -0.3 is 0 Å². The molecule has 0 aliphatic heterocycles. The highest BCUT2D eigenvalue weighted by molar-refractivity contribution is 5.47. The number of hydrogen-bond acceptors (Lipinski definition) is 4. The zero-order chi connectivity index (χ0) is 17.4. The lowest BCUT2D eigenvalue weighted by molar-refractivity contribution is 0.257. The molecule has 5 heteroatoms. The van der Waals surface area contributed by atoms with E-state index >= 15 is 0 Å². The summed E-state index contributed by atoms with van der Waals surface area (Å²) in [6.07, 6.45) is 9.99. The number of aryl methyl sites for hydroxylation is 2. The summed E-state index contributed by atoms with van der Waals surface area (Å²) >= 11 is 0. The Morgan fingerprint density at radius 1 is 1.21 bits per heavy atom. The summed E-state index contributed by atoms with van der Waals surface area (Å²) in [5, 5.41) is 16.4. The molecule has 0 spiro atoms. The number of nitrogens with zero attached hydrogens (tertiary/aromatic N) is 4. The minimum absolute atomic E-state index is 0.284. The lowest BCUT2D eigenvalue weighted by Crippen LogP contribution is -2.52. The number of benzene rings is 1. The maximum atomic E-state index is 5.72. The molecular weight excluding hydrogens is 298 g/mol. The molecule has 0 bridgehead atoms. The first-order chi connectivity index (χ1) is 11.4. The highest BCUT2D eigenvalue weighted by Crippen LogP contribution is 2.40. The van der Waals surface area contributed by atoms with E-state index in [1.54, 1.807) is 0 Å². The van der Waals surface area contributed by atoms with Crippen molar-refractivity contribution in [2.24, 2.45) is 0 Å². The van der Waals surface area contributed by atoms with E-state index in [1.807, 2.05) is 18.5 Å². The highest BCUT2D eigenvalue weighted by Gasteiger charge is 2.43. The summed E-state index contributed by atoms with van der Waals surface area (Å²) in [4.78, 5) is 0. The smallest absolute Gasteiger partial charge is 0.176 e. The topological polar surface area (TPSA) is 55.6 Å². The molecule has 1 aliphatic rings. The molecule has 1 fully saturated rings. The molecule has 3 rings (SSSR count). The maximum Gasteiger partial charge on any atom is 0.176 e. The molecule has 0 atom stereocenters. The molecule has 1 heterocycles. The molecule has 0 saturated heterocycles. The van der Waals surface area contributed by atoms with Gasteiger partial charge in [0.05, 0.1) is 16.8 Å². The van der Waals surface area contributed by atoms with E-state index in [2.05, 4.69) is 58.8 Å². The largest absolute Gasteiger partial charge is 0.289 e. The second-order valence-electron chi connectivity index (χ2n) is 7.34. The van der Waals surface area contributed by atoms with Crippen LogP contribution in [0.25, 0.3) is 5.69 Å². The first-order valence-corrected chi connectivity index (χ1v) is 8.51. The van der Waals surface area contributed by atoms with E-state index < -0.39 is 5.54 Å². The zero-order valence-electron chi connectivity index (χ0n) is 14.9. The average molecular weight is 323 g/mol. The molecular formula is C19H25N5. The molecule has 5 nitrogen and oxygen atoms in total. The van der Waals surface area contributed by atoms with Crippen LogP contribution in [0.5, 0.6) is 0 Å². The molecule has 1 aromatic heterocycles. The molecule has 0 radical (unpaired) electrons. The van der Waals surface area contributed by atoms with Crippen LogP contribution in [-0.2, 0) is 5.54 Å². The van der Waals surface area contributed by atoms with Crippen LogP contribution in [-0.4, -0.2) is 25.7 Å². The molecule has 24 heavy (non-hydrogen) atoms. The van der Waals surface area contributed by atoms with Gasteiger partial charge in [-0.1, -0.05) is 37.0 Å². The number of aromatic nitrogens is 4. The summed E-state index contributed by atoms with van der Waals surface area (Å²) in [6, 6.07) is 6.24. The van der Waals surface area contributed by atoms with Gasteiger partial charge in [-0.3, -0.25) is 5.32 Å². The van der Waals surface area contributed by atoms with E-state index in [0.717, 1.165) is 48.3 Å². The normalized spacial score (nSPS) is 17.0. The number of nitrogens with one attached hydrogen (secondary N) is 1. The first kappa shape index (κ1) is 16.7. The second kappa shape index (κ2) is 6.03. The van der Waals surface area contributed by atoms with Crippen LogP contribution in [0.1, 0.15) is 56.5 Å². The molecule has 126 valence electrons. The van der Waals surface area contributed by atoms with Crippen LogP contribution in [0.15, 0.2) is 18.2 Å². The Bertz CT molecular complexity index is 755. The minimum atomic E-state index is -0.415. The van der Waals surface area contributed by atoms with Gasteiger partial charge in [0, 0.05) is 0 Å². The Hall–Kier alpha value is -2.19. The van der Waals surface area contributed by atoms with Gasteiger partial charge in [0.1, 0.15) is 0 Å². The summed E-state index contributed by atoms with van der Waals surface area (Å²) in [6.45, 7) is 8.24. The van der Waals surface area contributed by atoms with Crippen molar-refractivity contribution >= 4 is 0 Å². The van der Waals surface area contributed by atoms with Gasteiger partial charge >= 0.3 is 0 Å². The van der Waals surface area contributed by atoms with Crippen LogP contribution in [0, 0.1) is 26.2 Å². The Kier molecular flexibility index (Phi) is 4.18. The predicted molar refractivity (Wildman–Crippen MR) is 94.8 cm³/mol. The Morgan fingerprint density at radius 3 is 2.42 bits per heavy atom. The lowest BCUT2D eigenvalue weighted by Gasteiger charge is -2.36. The van der Waals surface area contributed by atoms with Gasteiger partial charge in [-0.2, -0.15) is 4.68 Å². The molecule has 1 saturated carbocycles. The maximum absolute atomic E-state index is 5.72. The number of terminal acetylenes is 1. The van der Waals surface area contributed by atoms with Crippen molar-refractivity contribution in [3.63, 3.8) is 0 Å². The molecule has 1 aromatic carbocycles. The number of rotatable bonds is 4. The number of tetrazole rings is 1. The fraction of sp³-hybridized carbons (Fsp3) is 0.526. The van der Waals surface area contributed by atoms with Crippen molar-refractivity contribution in [3.8, 4) is 18.0 Å². The van der Waals surface area contributed by atoms with Crippen molar-refractivity contribution in [2.75, 3.05) is 0 Å². The van der Waals surface area contributed by atoms with Gasteiger partial charge in [-0.25, -0.2) is 0 Å². The van der Waals surface area contributed by atoms with Gasteiger partial charge in [0.2, 0.25) is 0 Å². The third-order valence-electron chi connectivity index (χ3n) is 4.92. The second-order valence-corrected chi connectivity index (χ2v) is 7.34. The zero-order valence-corrected chi connectivity index (χ0v) is 14.9. The van der Waals surface area contributed by atoms with Crippen LogP contribution >= 0.6 is 0 Å². The van der Waals surface area contributed by atoms with Crippen molar-refractivity contribution in [1.82, 2.24) is 25.5 Å². The standard InChI is InChI=1S/C19H25N5/c1-6-18(4,5)21-19(12-7-8-13-19)17-20-22-23-24(17)16-14(2)10-9-11-15(16)3/h1,9-11,21H,7-8,12-13H2,2-5H3. The van der Waals surface area contributed by atoms with Crippen molar-refractivity contribution < 1.29 is 0 Å². The Morgan fingerprint density at radius 2 is 1.83 bits per heavy atom. The summed E-state index contributed by atoms with van der Waals surface area (Å²) in [5.74, 6) is 3.71. The lowest BCUT2D eigenvalue weighted by atomic mass is 9.91. The van der Waals surface area contributed by atoms with E-state index in [4.69, 9.17) is 6.42 Å². The molecule has 1 N–H and O–H groups in total. The summed E-state index contributed by atoms with van der Waals surface area (Å²) in [7, 11) is 0. The highest BCUT2D eigenvalue weighted by atomic mass is 15.6. The van der Waals surface area contributed by atoms with Gasteiger partial charge in [0.25, 0.3) is 0 Å². The number of para-hydroxylation sites is 1. The van der Waals surface area contributed by atoms with E-state index in [-0.39, 0.29) is 5.54 Å². The van der Waals surface area contributed by atoms with Crippen LogP contribution in [0.3, 0.4) is 0 Å². The molecule has 0 unspecified atom stereocenters. The molecule has 2 aromatic rings.